The average Bonchev–Trinajstić information content (AvgIpc) is 2.66. The van der Waals surface area contributed by atoms with Crippen LogP contribution in [0.2, 0.25) is 0 Å². The lowest BCUT2D eigenvalue weighted by atomic mass is 10.1. The SMILES string of the molecule is CS(=O)(=O)Nc1cccc(CNC(=O)Nc2ccccc2N2CCCCC2)c1. The first kappa shape index (κ1) is 20.0. The van der Waals surface area contributed by atoms with Crippen molar-refractivity contribution in [1.29, 1.82) is 0 Å². The Hall–Kier alpha value is -2.74. The molecule has 1 heterocycles. The predicted molar refractivity (Wildman–Crippen MR) is 113 cm³/mol. The maximum atomic E-state index is 12.4. The van der Waals surface area contributed by atoms with Gasteiger partial charge < -0.3 is 15.5 Å². The van der Waals surface area contributed by atoms with Gasteiger partial charge in [0.1, 0.15) is 0 Å². The average molecular weight is 403 g/mol. The molecule has 1 aliphatic rings. The van der Waals surface area contributed by atoms with Crippen LogP contribution in [-0.2, 0) is 16.6 Å². The van der Waals surface area contributed by atoms with Gasteiger partial charge in [0.25, 0.3) is 0 Å². The lowest BCUT2D eigenvalue weighted by Crippen LogP contribution is -2.32. The Labute approximate surface area is 166 Å². The van der Waals surface area contributed by atoms with Gasteiger partial charge in [0.05, 0.1) is 17.6 Å². The van der Waals surface area contributed by atoms with E-state index < -0.39 is 10.0 Å². The number of sulfonamides is 1. The highest BCUT2D eigenvalue weighted by Crippen LogP contribution is 2.28. The van der Waals surface area contributed by atoms with E-state index in [0.717, 1.165) is 36.3 Å². The number of nitrogens with one attached hydrogen (secondary N) is 3. The second kappa shape index (κ2) is 8.97. The summed E-state index contributed by atoms with van der Waals surface area (Å²) in [5.74, 6) is 0. The fourth-order valence-electron chi connectivity index (χ4n) is 3.30. The van der Waals surface area contributed by atoms with E-state index in [-0.39, 0.29) is 12.6 Å². The van der Waals surface area contributed by atoms with Crippen LogP contribution in [-0.4, -0.2) is 33.8 Å². The summed E-state index contributed by atoms with van der Waals surface area (Å²) in [5.41, 5.74) is 3.09. The number of carbonyl (C=O) groups is 1. The number of amides is 2. The maximum Gasteiger partial charge on any atom is 0.319 e. The minimum absolute atomic E-state index is 0.289. The van der Waals surface area contributed by atoms with Gasteiger partial charge in [-0.3, -0.25) is 4.72 Å². The largest absolute Gasteiger partial charge is 0.370 e. The zero-order valence-electron chi connectivity index (χ0n) is 15.9. The summed E-state index contributed by atoms with van der Waals surface area (Å²) in [6.45, 7) is 2.29. The molecule has 2 aromatic carbocycles. The van der Waals surface area contributed by atoms with E-state index in [9.17, 15) is 13.2 Å². The van der Waals surface area contributed by atoms with Gasteiger partial charge in [-0.25, -0.2) is 13.2 Å². The quantitative estimate of drug-likeness (QED) is 0.691. The van der Waals surface area contributed by atoms with E-state index in [1.807, 2.05) is 30.3 Å². The van der Waals surface area contributed by atoms with E-state index >= 15 is 0 Å². The first-order chi connectivity index (χ1) is 13.4. The van der Waals surface area contributed by atoms with Gasteiger partial charge in [-0.2, -0.15) is 0 Å². The monoisotopic (exact) mass is 402 g/mol. The van der Waals surface area contributed by atoms with Gasteiger partial charge in [0.15, 0.2) is 0 Å². The Morgan fingerprint density at radius 2 is 1.79 bits per heavy atom. The molecule has 150 valence electrons. The van der Waals surface area contributed by atoms with E-state index in [4.69, 9.17) is 0 Å². The second-order valence-corrected chi connectivity index (χ2v) is 8.70. The van der Waals surface area contributed by atoms with E-state index in [2.05, 4.69) is 20.3 Å². The number of para-hydroxylation sites is 2. The molecule has 7 nitrogen and oxygen atoms in total. The van der Waals surface area contributed by atoms with Crippen LogP contribution in [0.5, 0.6) is 0 Å². The fraction of sp³-hybridized carbons (Fsp3) is 0.350. The molecule has 0 spiro atoms. The van der Waals surface area contributed by atoms with Crippen molar-refractivity contribution in [2.45, 2.75) is 25.8 Å². The van der Waals surface area contributed by atoms with Crippen LogP contribution >= 0.6 is 0 Å². The highest BCUT2D eigenvalue weighted by Gasteiger charge is 2.15. The van der Waals surface area contributed by atoms with Crippen molar-refractivity contribution < 1.29 is 13.2 Å². The molecule has 3 rings (SSSR count). The van der Waals surface area contributed by atoms with Crippen molar-refractivity contribution in [3.63, 3.8) is 0 Å². The lowest BCUT2D eigenvalue weighted by Gasteiger charge is -2.30. The van der Waals surface area contributed by atoms with Crippen LogP contribution < -0.4 is 20.3 Å². The molecule has 2 aromatic rings. The summed E-state index contributed by atoms with van der Waals surface area (Å²) in [5, 5.41) is 5.75. The molecule has 0 unspecified atom stereocenters. The summed E-state index contributed by atoms with van der Waals surface area (Å²) in [7, 11) is -3.34. The Morgan fingerprint density at radius 3 is 2.54 bits per heavy atom. The van der Waals surface area contributed by atoms with Crippen molar-refractivity contribution in [1.82, 2.24) is 5.32 Å². The van der Waals surface area contributed by atoms with Gasteiger partial charge in [0, 0.05) is 25.3 Å². The van der Waals surface area contributed by atoms with Gasteiger partial charge in [-0.05, 0) is 49.1 Å². The minimum atomic E-state index is -3.34. The maximum absolute atomic E-state index is 12.4. The molecule has 1 fully saturated rings. The number of nitrogens with zero attached hydrogens (tertiary/aromatic N) is 1. The van der Waals surface area contributed by atoms with Crippen LogP contribution in [0, 0.1) is 0 Å². The Bertz CT molecular complexity index is 925. The normalized spacial score (nSPS) is 14.4. The standard InChI is InChI=1S/C20H26N4O3S/c1-28(26,27)23-17-9-7-8-16(14-17)15-21-20(25)22-18-10-3-4-11-19(18)24-12-5-2-6-13-24/h3-4,7-11,14,23H,2,5-6,12-13,15H2,1H3,(H2,21,22,25). The van der Waals surface area contributed by atoms with E-state index in [1.54, 1.807) is 18.2 Å². The number of urea groups is 1. The molecule has 3 N–H and O–H groups in total. The number of rotatable bonds is 6. The molecular formula is C20H26N4O3S. The molecule has 8 heteroatoms. The smallest absolute Gasteiger partial charge is 0.319 e. The summed E-state index contributed by atoms with van der Waals surface area (Å²) >= 11 is 0. The highest BCUT2D eigenvalue weighted by molar-refractivity contribution is 7.92. The molecule has 0 aliphatic carbocycles. The molecule has 0 atom stereocenters. The van der Waals surface area contributed by atoms with Crippen LogP contribution in [0.4, 0.5) is 21.9 Å². The van der Waals surface area contributed by atoms with Gasteiger partial charge in [0.2, 0.25) is 10.0 Å². The van der Waals surface area contributed by atoms with Gasteiger partial charge in [-0.15, -0.1) is 0 Å². The number of anilines is 3. The number of carbonyl (C=O) groups excluding carboxylic acids is 1. The predicted octanol–water partition coefficient (Wildman–Crippen LogP) is 3.37. The first-order valence-corrected chi connectivity index (χ1v) is 11.3. The first-order valence-electron chi connectivity index (χ1n) is 9.36. The number of hydrogen-bond donors (Lipinski definition) is 3. The van der Waals surface area contributed by atoms with Gasteiger partial charge in [-0.1, -0.05) is 24.3 Å². The van der Waals surface area contributed by atoms with Crippen molar-refractivity contribution in [3.05, 3.63) is 54.1 Å². The summed E-state index contributed by atoms with van der Waals surface area (Å²) < 4.78 is 25.1. The van der Waals surface area contributed by atoms with Crippen molar-refractivity contribution in [2.24, 2.45) is 0 Å². The highest BCUT2D eigenvalue weighted by atomic mass is 32.2. The Balaban J connectivity index is 1.60. The van der Waals surface area contributed by atoms with Crippen LogP contribution in [0.1, 0.15) is 24.8 Å². The molecule has 1 aliphatic heterocycles. The lowest BCUT2D eigenvalue weighted by molar-refractivity contribution is 0.251. The molecule has 0 radical (unpaired) electrons. The third-order valence-corrected chi connectivity index (χ3v) is 5.14. The molecule has 1 saturated heterocycles. The summed E-state index contributed by atoms with van der Waals surface area (Å²) in [6.07, 6.45) is 4.68. The van der Waals surface area contributed by atoms with Crippen molar-refractivity contribution in [2.75, 3.05) is 34.3 Å². The Morgan fingerprint density at radius 1 is 1.04 bits per heavy atom. The van der Waals surface area contributed by atoms with E-state index in [1.165, 1.54) is 19.3 Å². The third kappa shape index (κ3) is 5.88. The number of benzene rings is 2. The zero-order chi connectivity index (χ0) is 20.0. The Kier molecular flexibility index (Phi) is 6.41. The number of hydrogen-bond acceptors (Lipinski definition) is 4. The molecule has 28 heavy (non-hydrogen) atoms. The second-order valence-electron chi connectivity index (χ2n) is 6.95. The van der Waals surface area contributed by atoms with Crippen molar-refractivity contribution in [3.8, 4) is 0 Å². The molecule has 0 aromatic heterocycles. The van der Waals surface area contributed by atoms with Crippen LogP contribution in [0.25, 0.3) is 0 Å². The zero-order valence-corrected chi connectivity index (χ0v) is 16.8. The summed E-state index contributed by atoms with van der Waals surface area (Å²) in [4.78, 5) is 14.7. The van der Waals surface area contributed by atoms with Gasteiger partial charge >= 0.3 is 6.03 Å². The summed E-state index contributed by atoms with van der Waals surface area (Å²) in [6, 6.07) is 14.5. The number of piperidine rings is 1. The molecule has 0 saturated carbocycles. The third-order valence-electron chi connectivity index (χ3n) is 4.53. The fourth-order valence-corrected chi connectivity index (χ4v) is 3.85. The molecule has 0 bridgehead atoms. The topological polar surface area (TPSA) is 90.5 Å². The van der Waals surface area contributed by atoms with Crippen molar-refractivity contribution >= 4 is 33.1 Å². The van der Waals surface area contributed by atoms with E-state index in [0.29, 0.717) is 5.69 Å². The van der Waals surface area contributed by atoms with Crippen LogP contribution in [0.3, 0.4) is 0 Å². The van der Waals surface area contributed by atoms with Crippen LogP contribution in [0.15, 0.2) is 48.5 Å². The minimum Gasteiger partial charge on any atom is -0.370 e. The molecular weight excluding hydrogens is 376 g/mol. The molecule has 2 amide bonds.